The summed E-state index contributed by atoms with van der Waals surface area (Å²) >= 11 is 1.06. The van der Waals surface area contributed by atoms with Crippen LogP contribution in [-0.4, -0.2) is 22.4 Å². The highest BCUT2D eigenvalue weighted by atomic mass is 32.2. The molecule has 0 spiro atoms. The van der Waals surface area contributed by atoms with E-state index in [1.54, 1.807) is 0 Å². The standard InChI is InChI=1S/C20H16N2O4S/c1-13(23)15-7-9-19(18(11-15)22(25)26)27-12-20(24)21-17-8-6-14-4-2-3-5-16(14)10-17/h2-11H,12H2,1H3,(H,21,24). The van der Waals surface area contributed by atoms with Gasteiger partial charge in [-0.3, -0.25) is 19.7 Å². The van der Waals surface area contributed by atoms with Gasteiger partial charge in [0.2, 0.25) is 5.91 Å². The van der Waals surface area contributed by atoms with Crippen molar-refractivity contribution >= 4 is 45.6 Å². The van der Waals surface area contributed by atoms with Gasteiger partial charge in [-0.2, -0.15) is 0 Å². The Morgan fingerprint density at radius 1 is 1.04 bits per heavy atom. The Morgan fingerprint density at radius 3 is 2.48 bits per heavy atom. The Bertz CT molecular complexity index is 1050. The summed E-state index contributed by atoms with van der Waals surface area (Å²) in [5.74, 6) is -0.489. The second-order valence-corrected chi connectivity index (χ2v) is 6.91. The fourth-order valence-corrected chi connectivity index (χ4v) is 3.41. The summed E-state index contributed by atoms with van der Waals surface area (Å²) in [7, 11) is 0. The number of fused-ring (bicyclic) bond motifs is 1. The molecule has 0 saturated carbocycles. The number of nitrogens with one attached hydrogen (secondary N) is 1. The number of carbonyl (C=O) groups excluding carboxylic acids is 2. The summed E-state index contributed by atoms with van der Waals surface area (Å²) in [6, 6.07) is 17.7. The van der Waals surface area contributed by atoms with Crippen molar-refractivity contribution in [3.05, 3.63) is 76.3 Å². The van der Waals surface area contributed by atoms with Gasteiger partial charge >= 0.3 is 0 Å². The Kier molecular flexibility index (Phi) is 5.52. The second kappa shape index (κ2) is 8.01. The number of hydrogen-bond acceptors (Lipinski definition) is 5. The van der Waals surface area contributed by atoms with E-state index < -0.39 is 4.92 Å². The van der Waals surface area contributed by atoms with Crippen LogP contribution in [0, 0.1) is 10.1 Å². The van der Waals surface area contributed by atoms with E-state index in [0.717, 1.165) is 22.5 Å². The van der Waals surface area contributed by atoms with Gasteiger partial charge in [-0.1, -0.05) is 30.3 Å². The van der Waals surface area contributed by atoms with Crippen molar-refractivity contribution in [3.8, 4) is 0 Å². The maximum Gasteiger partial charge on any atom is 0.283 e. The molecule has 6 nitrogen and oxygen atoms in total. The molecule has 1 amide bonds. The topological polar surface area (TPSA) is 89.3 Å². The summed E-state index contributed by atoms with van der Waals surface area (Å²) in [5.41, 5.74) is 0.763. The number of thioether (sulfide) groups is 1. The van der Waals surface area contributed by atoms with Crippen LogP contribution >= 0.6 is 11.8 Å². The maximum atomic E-state index is 12.2. The van der Waals surface area contributed by atoms with Gasteiger partial charge in [0.25, 0.3) is 5.69 Å². The first-order valence-electron chi connectivity index (χ1n) is 8.15. The van der Waals surface area contributed by atoms with Gasteiger partial charge in [0, 0.05) is 17.3 Å². The summed E-state index contributed by atoms with van der Waals surface area (Å²) in [5, 5.41) is 16.1. The number of benzene rings is 3. The number of hydrogen-bond donors (Lipinski definition) is 1. The van der Waals surface area contributed by atoms with Crippen molar-refractivity contribution in [2.45, 2.75) is 11.8 Å². The van der Waals surface area contributed by atoms with Crippen molar-refractivity contribution in [1.82, 2.24) is 0 Å². The fourth-order valence-electron chi connectivity index (χ4n) is 2.61. The third-order valence-corrected chi connectivity index (χ3v) is 5.02. The van der Waals surface area contributed by atoms with E-state index in [9.17, 15) is 19.7 Å². The molecule has 0 aliphatic carbocycles. The van der Waals surface area contributed by atoms with Crippen LogP contribution in [0.3, 0.4) is 0 Å². The smallest absolute Gasteiger partial charge is 0.283 e. The van der Waals surface area contributed by atoms with E-state index in [1.807, 2.05) is 42.5 Å². The number of carbonyl (C=O) groups is 2. The third kappa shape index (κ3) is 4.51. The molecule has 3 aromatic rings. The van der Waals surface area contributed by atoms with E-state index in [4.69, 9.17) is 0 Å². The van der Waals surface area contributed by atoms with Crippen molar-refractivity contribution in [2.75, 3.05) is 11.1 Å². The largest absolute Gasteiger partial charge is 0.325 e. The number of anilines is 1. The number of Topliss-reactive ketones (excluding diaryl/α,β-unsaturated/α-hetero) is 1. The second-order valence-electron chi connectivity index (χ2n) is 5.89. The van der Waals surface area contributed by atoms with E-state index in [0.29, 0.717) is 10.6 Å². The zero-order chi connectivity index (χ0) is 19.4. The summed E-state index contributed by atoms with van der Waals surface area (Å²) < 4.78 is 0. The Labute approximate surface area is 159 Å². The predicted octanol–water partition coefficient (Wildman–Crippen LogP) is 4.68. The van der Waals surface area contributed by atoms with Gasteiger partial charge in [0.15, 0.2) is 5.78 Å². The molecule has 0 bridgehead atoms. The van der Waals surface area contributed by atoms with E-state index in [-0.39, 0.29) is 28.7 Å². The molecule has 0 aliphatic heterocycles. The first-order chi connectivity index (χ1) is 12.9. The van der Waals surface area contributed by atoms with Crippen molar-refractivity contribution in [1.29, 1.82) is 0 Å². The monoisotopic (exact) mass is 380 g/mol. The molecule has 0 heterocycles. The Morgan fingerprint density at radius 2 is 1.78 bits per heavy atom. The van der Waals surface area contributed by atoms with Crippen LogP contribution in [0.25, 0.3) is 10.8 Å². The van der Waals surface area contributed by atoms with Crippen LogP contribution < -0.4 is 5.32 Å². The lowest BCUT2D eigenvalue weighted by Gasteiger charge is -2.07. The average Bonchev–Trinajstić information content (AvgIpc) is 2.66. The van der Waals surface area contributed by atoms with Crippen LogP contribution in [0.4, 0.5) is 11.4 Å². The zero-order valence-electron chi connectivity index (χ0n) is 14.5. The molecule has 27 heavy (non-hydrogen) atoms. The summed E-state index contributed by atoms with van der Waals surface area (Å²) in [6.07, 6.45) is 0. The quantitative estimate of drug-likeness (QED) is 0.290. The van der Waals surface area contributed by atoms with Gasteiger partial charge in [-0.05, 0) is 42.0 Å². The van der Waals surface area contributed by atoms with Crippen LogP contribution in [0.1, 0.15) is 17.3 Å². The van der Waals surface area contributed by atoms with E-state index in [2.05, 4.69) is 5.32 Å². The van der Waals surface area contributed by atoms with Crippen LogP contribution in [-0.2, 0) is 4.79 Å². The predicted molar refractivity (Wildman–Crippen MR) is 106 cm³/mol. The van der Waals surface area contributed by atoms with Crippen LogP contribution in [0.15, 0.2) is 65.6 Å². The maximum absolute atomic E-state index is 12.2. The number of nitrogens with zero attached hydrogens (tertiary/aromatic N) is 1. The molecule has 0 fully saturated rings. The molecule has 3 rings (SSSR count). The first-order valence-corrected chi connectivity index (χ1v) is 9.13. The summed E-state index contributed by atoms with van der Waals surface area (Å²) in [4.78, 5) is 34.7. The lowest BCUT2D eigenvalue weighted by Crippen LogP contribution is -2.14. The van der Waals surface area contributed by atoms with Crippen molar-refractivity contribution in [3.63, 3.8) is 0 Å². The van der Waals surface area contributed by atoms with E-state index >= 15 is 0 Å². The molecule has 7 heteroatoms. The van der Waals surface area contributed by atoms with Crippen molar-refractivity contribution < 1.29 is 14.5 Å². The summed E-state index contributed by atoms with van der Waals surface area (Å²) in [6.45, 7) is 1.35. The van der Waals surface area contributed by atoms with Gasteiger partial charge < -0.3 is 5.32 Å². The highest BCUT2D eigenvalue weighted by molar-refractivity contribution is 8.00. The van der Waals surface area contributed by atoms with Crippen molar-refractivity contribution in [2.24, 2.45) is 0 Å². The minimum absolute atomic E-state index is 0.0209. The molecule has 1 N–H and O–H groups in total. The number of nitro benzene ring substituents is 1. The Hall–Kier alpha value is -3.19. The normalized spacial score (nSPS) is 10.6. The molecular formula is C20H16N2O4S. The van der Waals surface area contributed by atoms with E-state index in [1.165, 1.54) is 25.1 Å². The molecule has 3 aromatic carbocycles. The molecule has 0 atom stereocenters. The third-order valence-electron chi connectivity index (χ3n) is 3.95. The number of rotatable bonds is 6. The van der Waals surface area contributed by atoms with Gasteiger partial charge in [0.05, 0.1) is 15.6 Å². The number of ketones is 1. The Balaban J connectivity index is 1.69. The number of amides is 1. The average molecular weight is 380 g/mol. The fraction of sp³-hybridized carbons (Fsp3) is 0.100. The molecule has 0 radical (unpaired) electrons. The highest BCUT2D eigenvalue weighted by Crippen LogP contribution is 2.30. The molecule has 0 saturated heterocycles. The molecule has 136 valence electrons. The highest BCUT2D eigenvalue weighted by Gasteiger charge is 2.17. The number of nitro groups is 1. The molecule has 0 aliphatic rings. The lowest BCUT2D eigenvalue weighted by atomic mass is 10.1. The zero-order valence-corrected chi connectivity index (χ0v) is 15.3. The first kappa shape index (κ1) is 18.6. The molecule has 0 aromatic heterocycles. The SMILES string of the molecule is CC(=O)c1ccc(SCC(=O)Nc2ccc3ccccc3c2)c([N+](=O)[O-])c1. The van der Waals surface area contributed by atoms with Gasteiger partial charge in [-0.25, -0.2) is 0 Å². The lowest BCUT2D eigenvalue weighted by molar-refractivity contribution is -0.387. The molecular weight excluding hydrogens is 364 g/mol. The minimum atomic E-state index is -0.546. The van der Waals surface area contributed by atoms with Crippen LogP contribution in [0.2, 0.25) is 0 Å². The molecule has 0 unspecified atom stereocenters. The van der Waals surface area contributed by atoms with Crippen LogP contribution in [0.5, 0.6) is 0 Å². The van der Waals surface area contributed by atoms with Gasteiger partial charge in [0.1, 0.15) is 0 Å². The van der Waals surface area contributed by atoms with Gasteiger partial charge in [-0.15, -0.1) is 11.8 Å². The minimum Gasteiger partial charge on any atom is -0.325 e.